The van der Waals surface area contributed by atoms with E-state index in [1.807, 2.05) is 27.0 Å². The van der Waals surface area contributed by atoms with Crippen molar-refractivity contribution in [1.29, 1.82) is 0 Å². The highest BCUT2D eigenvalue weighted by Crippen LogP contribution is 2.19. The predicted molar refractivity (Wildman–Crippen MR) is 89.5 cm³/mol. The maximum absolute atomic E-state index is 12.4. The quantitative estimate of drug-likeness (QED) is 0.855. The maximum atomic E-state index is 12.4. The number of aromatic nitrogens is 3. The van der Waals surface area contributed by atoms with Crippen LogP contribution in [0.15, 0.2) is 6.20 Å². The summed E-state index contributed by atoms with van der Waals surface area (Å²) in [7, 11) is -3.30. The van der Waals surface area contributed by atoms with Crippen LogP contribution < -0.4 is 5.32 Å². The van der Waals surface area contributed by atoms with Crippen molar-refractivity contribution in [2.45, 2.75) is 33.0 Å². The monoisotopic (exact) mass is 359 g/mol. The molecule has 2 aromatic rings. The van der Waals surface area contributed by atoms with E-state index >= 15 is 0 Å². The average Bonchev–Trinajstić information content (AvgIpc) is 2.94. The molecule has 0 saturated carbocycles. The van der Waals surface area contributed by atoms with Crippen LogP contribution in [0.5, 0.6) is 0 Å². The van der Waals surface area contributed by atoms with E-state index in [2.05, 4.69) is 15.4 Å². The molecule has 10 heteroatoms. The first-order valence-electron chi connectivity index (χ1n) is 7.53. The Morgan fingerprint density at radius 3 is 2.74 bits per heavy atom. The van der Waals surface area contributed by atoms with Gasteiger partial charge >= 0.3 is 0 Å². The molecule has 1 N–H and O–H groups in total. The lowest BCUT2D eigenvalue weighted by Gasteiger charge is -2.34. The molecule has 0 aromatic carbocycles. The number of imidazole rings is 1. The van der Waals surface area contributed by atoms with Crippen LogP contribution in [0.2, 0.25) is 0 Å². The highest BCUT2D eigenvalue weighted by atomic mass is 32.2. The lowest BCUT2D eigenvalue weighted by molar-refractivity contribution is -0.0440. The van der Waals surface area contributed by atoms with Crippen molar-refractivity contribution < 1.29 is 13.2 Å². The Hall–Kier alpha value is -1.23. The number of nitrogens with zero attached hydrogens (tertiary/aromatic N) is 4. The highest BCUT2D eigenvalue weighted by molar-refractivity contribution is 7.89. The Morgan fingerprint density at radius 1 is 1.39 bits per heavy atom. The summed E-state index contributed by atoms with van der Waals surface area (Å²) in [6.07, 6.45) is 1.69. The van der Waals surface area contributed by atoms with Crippen LogP contribution in [0, 0.1) is 6.92 Å². The summed E-state index contributed by atoms with van der Waals surface area (Å²) < 4.78 is 33.7. The zero-order valence-corrected chi connectivity index (χ0v) is 15.0. The molecule has 2 aromatic heterocycles. The van der Waals surface area contributed by atoms with Gasteiger partial charge < -0.3 is 10.1 Å². The lowest BCUT2D eigenvalue weighted by Crippen LogP contribution is -2.49. The number of aryl methyl sites for hydroxylation is 1. The van der Waals surface area contributed by atoms with Crippen molar-refractivity contribution in [2.75, 3.05) is 30.7 Å². The summed E-state index contributed by atoms with van der Waals surface area (Å²) in [5.74, 6) is 0.0351. The Kier molecular flexibility index (Phi) is 4.59. The third-order valence-corrected chi connectivity index (χ3v) is 6.26. The Balaban J connectivity index is 1.57. The van der Waals surface area contributed by atoms with Crippen LogP contribution in [0.1, 0.15) is 19.5 Å². The number of hydrogen-bond acceptors (Lipinski definition) is 7. The molecule has 3 heterocycles. The van der Waals surface area contributed by atoms with Gasteiger partial charge in [0.15, 0.2) is 0 Å². The molecular weight excluding hydrogens is 338 g/mol. The van der Waals surface area contributed by atoms with Crippen LogP contribution in [0.25, 0.3) is 4.96 Å². The number of ether oxygens (including phenoxy) is 1. The lowest BCUT2D eigenvalue weighted by atomic mass is 10.3. The molecule has 0 bridgehead atoms. The standard InChI is InChI=1S/C13H21N5O3S2/c1-9-6-18-13(15-9)22-12(16-18)14-4-5-23(19,20)17-7-10(2)21-11(3)8-17/h6,10-11H,4-5,7-8H2,1-3H3,(H,14,16)/t10-,11+. The minimum absolute atomic E-state index is 0.0351. The molecule has 0 unspecified atom stereocenters. The van der Waals surface area contributed by atoms with Crippen molar-refractivity contribution >= 4 is 31.5 Å². The van der Waals surface area contributed by atoms with Crippen LogP contribution in [-0.4, -0.2) is 64.9 Å². The van der Waals surface area contributed by atoms with E-state index in [9.17, 15) is 8.42 Å². The van der Waals surface area contributed by atoms with Gasteiger partial charge in [-0.05, 0) is 20.8 Å². The SMILES string of the molecule is Cc1cn2nc(NCCS(=O)(=O)N3C[C@@H](C)O[C@@H](C)C3)sc2n1. The Labute approximate surface area is 139 Å². The summed E-state index contributed by atoms with van der Waals surface area (Å²) in [5.41, 5.74) is 0.911. The number of sulfonamides is 1. The van der Waals surface area contributed by atoms with Gasteiger partial charge in [0, 0.05) is 19.6 Å². The number of rotatable bonds is 5. The summed E-state index contributed by atoms with van der Waals surface area (Å²) in [5, 5.41) is 8.06. The van der Waals surface area contributed by atoms with Crippen LogP contribution >= 0.6 is 11.3 Å². The maximum Gasteiger partial charge on any atom is 0.216 e. The third kappa shape index (κ3) is 3.82. The molecular formula is C13H21N5O3S2. The number of fused-ring (bicyclic) bond motifs is 1. The third-order valence-electron chi connectivity index (χ3n) is 3.58. The van der Waals surface area contributed by atoms with Gasteiger partial charge in [-0.2, -0.15) is 4.31 Å². The first-order chi connectivity index (χ1) is 10.8. The fourth-order valence-electron chi connectivity index (χ4n) is 2.65. The Bertz CT molecular complexity index is 743. The minimum Gasteiger partial charge on any atom is -0.373 e. The highest BCUT2D eigenvalue weighted by Gasteiger charge is 2.30. The van der Waals surface area contributed by atoms with E-state index in [-0.39, 0.29) is 18.0 Å². The van der Waals surface area contributed by atoms with E-state index in [4.69, 9.17) is 4.74 Å². The Morgan fingerprint density at radius 2 is 2.09 bits per heavy atom. The van der Waals surface area contributed by atoms with Crippen LogP contribution in [0.3, 0.4) is 0 Å². The number of nitrogens with one attached hydrogen (secondary N) is 1. The van der Waals surface area contributed by atoms with Gasteiger partial charge in [0.1, 0.15) is 0 Å². The second-order valence-corrected chi connectivity index (χ2v) is 8.88. The topological polar surface area (TPSA) is 88.8 Å². The second-order valence-electron chi connectivity index (χ2n) is 5.83. The van der Waals surface area contributed by atoms with E-state index in [1.54, 1.807) is 4.52 Å². The predicted octanol–water partition coefficient (Wildman–Crippen LogP) is 0.950. The van der Waals surface area contributed by atoms with Gasteiger partial charge in [-0.3, -0.25) is 0 Å². The van der Waals surface area contributed by atoms with Crippen molar-refractivity contribution in [3.63, 3.8) is 0 Å². The van der Waals surface area contributed by atoms with Crippen molar-refractivity contribution in [1.82, 2.24) is 18.9 Å². The van der Waals surface area contributed by atoms with Crippen LogP contribution in [0.4, 0.5) is 5.13 Å². The smallest absolute Gasteiger partial charge is 0.216 e. The number of hydrogen-bond donors (Lipinski definition) is 1. The first-order valence-corrected chi connectivity index (χ1v) is 9.96. The summed E-state index contributed by atoms with van der Waals surface area (Å²) >= 11 is 1.41. The molecule has 23 heavy (non-hydrogen) atoms. The minimum atomic E-state index is -3.30. The van der Waals surface area contributed by atoms with Gasteiger partial charge in [-0.1, -0.05) is 11.3 Å². The second kappa shape index (κ2) is 6.34. The zero-order valence-electron chi connectivity index (χ0n) is 13.4. The molecule has 2 atom stereocenters. The molecule has 0 amide bonds. The van der Waals surface area contributed by atoms with E-state index in [0.717, 1.165) is 10.7 Å². The summed E-state index contributed by atoms with van der Waals surface area (Å²) in [6.45, 7) is 6.84. The molecule has 1 aliphatic rings. The van der Waals surface area contributed by atoms with Crippen LogP contribution in [-0.2, 0) is 14.8 Å². The van der Waals surface area contributed by atoms with Gasteiger partial charge in [0.2, 0.25) is 20.1 Å². The normalized spacial score (nSPS) is 23.4. The molecule has 3 rings (SSSR count). The summed E-state index contributed by atoms with van der Waals surface area (Å²) in [6, 6.07) is 0. The molecule has 0 aliphatic carbocycles. The van der Waals surface area contributed by atoms with Gasteiger partial charge in [0.25, 0.3) is 0 Å². The molecule has 128 valence electrons. The van der Waals surface area contributed by atoms with Crippen molar-refractivity contribution in [3.8, 4) is 0 Å². The largest absolute Gasteiger partial charge is 0.373 e. The molecule has 8 nitrogen and oxygen atoms in total. The van der Waals surface area contributed by atoms with Gasteiger partial charge in [-0.15, -0.1) is 5.10 Å². The molecule has 1 fully saturated rings. The van der Waals surface area contributed by atoms with E-state index in [1.165, 1.54) is 15.6 Å². The zero-order chi connectivity index (χ0) is 16.6. The van der Waals surface area contributed by atoms with Crippen molar-refractivity contribution in [2.24, 2.45) is 0 Å². The van der Waals surface area contributed by atoms with E-state index in [0.29, 0.717) is 24.8 Å². The fraction of sp³-hybridized carbons (Fsp3) is 0.692. The first kappa shape index (κ1) is 16.6. The van der Waals surface area contributed by atoms with Gasteiger partial charge in [-0.25, -0.2) is 17.9 Å². The average molecular weight is 359 g/mol. The molecule has 0 spiro atoms. The number of anilines is 1. The van der Waals surface area contributed by atoms with E-state index < -0.39 is 10.0 Å². The molecule has 1 saturated heterocycles. The van der Waals surface area contributed by atoms with Gasteiger partial charge in [0.05, 0.1) is 29.9 Å². The summed E-state index contributed by atoms with van der Waals surface area (Å²) in [4.78, 5) is 5.11. The molecule has 1 aliphatic heterocycles. The molecule has 0 radical (unpaired) electrons. The van der Waals surface area contributed by atoms with Crippen molar-refractivity contribution in [3.05, 3.63) is 11.9 Å². The number of morpholine rings is 1. The fourth-order valence-corrected chi connectivity index (χ4v) is 5.00.